The molecule has 2 heterocycles. The van der Waals surface area contributed by atoms with Crippen molar-refractivity contribution in [2.24, 2.45) is 4.99 Å². The highest BCUT2D eigenvalue weighted by atomic mass is 127. The van der Waals surface area contributed by atoms with Gasteiger partial charge in [0.15, 0.2) is 5.96 Å². The average molecular weight is 555 g/mol. The minimum Gasteiger partial charge on any atom is -0.357 e. The Hall–Kier alpha value is -3.14. The molecule has 4 aromatic rings. The van der Waals surface area contributed by atoms with E-state index in [1.54, 1.807) is 6.20 Å². The van der Waals surface area contributed by atoms with Gasteiger partial charge in [0, 0.05) is 32.5 Å². The van der Waals surface area contributed by atoms with E-state index in [9.17, 15) is 0 Å². The molecule has 172 valence electrons. The minimum absolute atomic E-state index is 0. The summed E-state index contributed by atoms with van der Waals surface area (Å²) in [5.74, 6) is 1.76. The number of benzene rings is 2. The Bertz CT molecular complexity index is 1120. The fraction of sp³-hybridized carbons (Fsp3) is 0.240. The van der Waals surface area contributed by atoms with Crippen molar-refractivity contribution in [1.82, 2.24) is 29.7 Å². The molecule has 33 heavy (non-hydrogen) atoms. The summed E-state index contributed by atoms with van der Waals surface area (Å²) in [5, 5.41) is 3.38. The molecule has 0 radical (unpaired) electrons. The number of hydrogen-bond donors (Lipinski definition) is 2. The van der Waals surface area contributed by atoms with E-state index in [2.05, 4.69) is 73.1 Å². The van der Waals surface area contributed by atoms with Crippen LogP contribution < -0.4 is 5.32 Å². The summed E-state index contributed by atoms with van der Waals surface area (Å²) in [6, 6.07) is 18.8. The zero-order chi connectivity index (χ0) is 22.2. The van der Waals surface area contributed by atoms with Crippen molar-refractivity contribution in [2.75, 3.05) is 13.6 Å². The van der Waals surface area contributed by atoms with Gasteiger partial charge >= 0.3 is 0 Å². The predicted octanol–water partition coefficient (Wildman–Crippen LogP) is 4.54. The van der Waals surface area contributed by atoms with Crippen LogP contribution >= 0.6 is 24.0 Å². The number of aliphatic imine (C=N–C) groups is 1. The fourth-order valence-corrected chi connectivity index (χ4v) is 3.48. The van der Waals surface area contributed by atoms with Crippen LogP contribution in [0.15, 0.2) is 84.5 Å². The van der Waals surface area contributed by atoms with Gasteiger partial charge in [0.05, 0.1) is 31.3 Å². The Kier molecular flexibility index (Phi) is 9.05. The zero-order valence-electron chi connectivity index (χ0n) is 19.0. The number of imidazole rings is 2. The van der Waals surface area contributed by atoms with Crippen molar-refractivity contribution >= 4 is 29.9 Å². The second-order valence-electron chi connectivity index (χ2n) is 7.69. The maximum absolute atomic E-state index is 4.82. The first-order chi connectivity index (χ1) is 15.7. The number of hydrogen-bond acceptors (Lipinski definition) is 3. The van der Waals surface area contributed by atoms with Crippen molar-refractivity contribution in [3.8, 4) is 11.3 Å². The third-order valence-electron chi connectivity index (χ3n) is 5.16. The first kappa shape index (κ1) is 24.5. The van der Waals surface area contributed by atoms with Crippen LogP contribution in [0.4, 0.5) is 0 Å². The number of rotatable bonds is 8. The van der Waals surface area contributed by atoms with Crippen molar-refractivity contribution < 1.29 is 0 Å². The highest BCUT2D eigenvalue weighted by Gasteiger charge is 2.10. The molecule has 7 nitrogen and oxygen atoms in total. The highest BCUT2D eigenvalue weighted by Crippen LogP contribution is 2.16. The maximum atomic E-state index is 4.82. The van der Waals surface area contributed by atoms with Crippen LogP contribution in [0.2, 0.25) is 0 Å². The zero-order valence-corrected chi connectivity index (χ0v) is 21.3. The lowest BCUT2D eigenvalue weighted by Crippen LogP contribution is -2.38. The van der Waals surface area contributed by atoms with Gasteiger partial charge in [-0.1, -0.05) is 54.6 Å². The van der Waals surface area contributed by atoms with E-state index >= 15 is 0 Å². The first-order valence-corrected chi connectivity index (χ1v) is 10.8. The summed E-state index contributed by atoms with van der Waals surface area (Å²) in [4.78, 5) is 19.0. The van der Waals surface area contributed by atoms with E-state index in [4.69, 9.17) is 4.99 Å². The highest BCUT2D eigenvalue weighted by molar-refractivity contribution is 14.0. The van der Waals surface area contributed by atoms with Gasteiger partial charge in [-0.25, -0.2) is 15.0 Å². The number of aromatic nitrogens is 4. The molecule has 2 aromatic carbocycles. The van der Waals surface area contributed by atoms with Crippen molar-refractivity contribution in [3.05, 3.63) is 96.5 Å². The number of H-pyrrole nitrogens is 1. The molecular formula is C25H30IN7. The third-order valence-corrected chi connectivity index (χ3v) is 5.16. The molecule has 0 aliphatic carbocycles. The maximum Gasteiger partial charge on any atom is 0.194 e. The van der Waals surface area contributed by atoms with Crippen LogP contribution in [0, 0.1) is 0 Å². The fourth-order valence-electron chi connectivity index (χ4n) is 3.48. The number of nitrogens with zero attached hydrogens (tertiary/aromatic N) is 5. The largest absolute Gasteiger partial charge is 0.357 e. The molecule has 0 atom stereocenters. The van der Waals surface area contributed by atoms with Gasteiger partial charge in [-0.3, -0.25) is 0 Å². The molecule has 0 saturated carbocycles. The molecule has 0 saturated heterocycles. The SMILES string of the molecule is CCNC(=NCc1ccc(Cn2ccnc2)cc1)N(C)Cc1ncc(-c2ccccc2)[nH]1.I. The third kappa shape index (κ3) is 6.92. The van der Waals surface area contributed by atoms with Crippen molar-refractivity contribution in [3.63, 3.8) is 0 Å². The van der Waals surface area contributed by atoms with E-state index in [0.717, 1.165) is 36.1 Å². The summed E-state index contributed by atoms with van der Waals surface area (Å²) in [5.41, 5.74) is 4.57. The molecule has 0 fully saturated rings. The van der Waals surface area contributed by atoms with E-state index in [1.807, 2.05) is 44.0 Å². The number of guanidine groups is 1. The first-order valence-electron chi connectivity index (χ1n) is 10.8. The van der Waals surface area contributed by atoms with Crippen molar-refractivity contribution in [2.45, 2.75) is 26.6 Å². The number of aromatic amines is 1. The Morgan fingerprint density at radius 1 is 1.09 bits per heavy atom. The molecule has 0 amide bonds. The molecule has 2 N–H and O–H groups in total. The lowest BCUT2D eigenvalue weighted by Gasteiger charge is -2.21. The summed E-state index contributed by atoms with van der Waals surface area (Å²) >= 11 is 0. The Balaban J connectivity index is 0.00000306. The van der Waals surface area contributed by atoms with Gasteiger partial charge in [-0.05, 0) is 23.6 Å². The van der Waals surface area contributed by atoms with E-state index in [0.29, 0.717) is 13.1 Å². The second kappa shape index (κ2) is 12.2. The van der Waals surface area contributed by atoms with E-state index in [1.165, 1.54) is 11.1 Å². The number of halogens is 1. The standard InChI is InChI=1S/C25H29N7.HI/c1-3-27-25(29-15-20-9-11-21(12-10-20)17-32-14-13-26-19-32)31(2)18-24-28-16-23(30-24)22-7-5-4-6-8-22;/h4-14,16,19H,3,15,17-18H2,1-2H3,(H,27,29)(H,28,30);1H. The van der Waals surface area contributed by atoms with Crippen LogP contribution in [0.3, 0.4) is 0 Å². The molecule has 4 rings (SSSR count). The summed E-state index contributed by atoms with van der Waals surface area (Å²) < 4.78 is 2.06. The second-order valence-corrected chi connectivity index (χ2v) is 7.69. The van der Waals surface area contributed by atoms with Crippen LogP contribution in [-0.4, -0.2) is 44.0 Å². The normalized spacial score (nSPS) is 11.2. The minimum atomic E-state index is 0. The van der Waals surface area contributed by atoms with Gasteiger partial charge in [-0.15, -0.1) is 24.0 Å². The van der Waals surface area contributed by atoms with Crippen LogP contribution in [-0.2, 0) is 19.6 Å². The van der Waals surface area contributed by atoms with Gasteiger partial charge in [0.2, 0.25) is 0 Å². The lowest BCUT2D eigenvalue weighted by molar-refractivity contribution is 0.464. The van der Waals surface area contributed by atoms with Gasteiger partial charge in [-0.2, -0.15) is 0 Å². The van der Waals surface area contributed by atoms with Crippen molar-refractivity contribution in [1.29, 1.82) is 0 Å². The Morgan fingerprint density at radius 2 is 1.85 bits per heavy atom. The molecular weight excluding hydrogens is 525 g/mol. The van der Waals surface area contributed by atoms with Gasteiger partial charge in [0.1, 0.15) is 5.82 Å². The number of nitrogens with one attached hydrogen (secondary N) is 2. The molecule has 0 bridgehead atoms. The predicted molar refractivity (Wildman–Crippen MR) is 143 cm³/mol. The Labute approximate surface area is 212 Å². The Morgan fingerprint density at radius 3 is 2.55 bits per heavy atom. The summed E-state index contributed by atoms with van der Waals surface area (Å²) in [6.45, 7) is 4.96. The molecule has 8 heteroatoms. The molecule has 0 unspecified atom stereocenters. The molecule has 0 aliphatic heterocycles. The summed E-state index contributed by atoms with van der Waals surface area (Å²) in [7, 11) is 2.03. The van der Waals surface area contributed by atoms with Crippen LogP contribution in [0.5, 0.6) is 0 Å². The van der Waals surface area contributed by atoms with Crippen LogP contribution in [0.1, 0.15) is 23.9 Å². The topological polar surface area (TPSA) is 74.1 Å². The van der Waals surface area contributed by atoms with E-state index < -0.39 is 0 Å². The summed E-state index contributed by atoms with van der Waals surface area (Å²) in [6.07, 6.45) is 7.48. The van der Waals surface area contributed by atoms with E-state index in [-0.39, 0.29) is 24.0 Å². The van der Waals surface area contributed by atoms with Gasteiger partial charge < -0.3 is 19.8 Å². The quantitative estimate of drug-likeness (QED) is 0.190. The average Bonchev–Trinajstić information content (AvgIpc) is 3.50. The van der Waals surface area contributed by atoms with Gasteiger partial charge in [0.25, 0.3) is 0 Å². The smallest absolute Gasteiger partial charge is 0.194 e. The molecule has 0 aliphatic rings. The lowest BCUT2D eigenvalue weighted by atomic mass is 10.1. The molecule has 0 spiro atoms. The monoisotopic (exact) mass is 555 g/mol. The van der Waals surface area contributed by atoms with Crippen LogP contribution in [0.25, 0.3) is 11.3 Å². The molecule has 2 aromatic heterocycles.